The van der Waals surface area contributed by atoms with Gasteiger partial charge in [-0.05, 0) is 37.1 Å². The Bertz CT molecular complexity index is 850. The number of anilines is 1. The number of halogens is 1. The van der Waals surface area contributed by atoms with Gasteiger partial charge in [0.05, 0.1) is 5.56 Å². The highest BCUT2D eigenvalue weighted by atomic mass is 79.9. The molecule has 2 heterocycles. The van der Waals surface area contributed by atoms with Crippen molar-refractivity contribution in [2.24, 2.45) is 0 Å². The molecular formula is C18H15BrN2O3. The highest BCUT2D eigenvalue weighted by Crippen LogP contribution is 2.45. The fourth-order valence-corrected chi connectivity index (χ4v) is 3.91. The number of hydrogen-bond acceptors (Lipinski definition) is 4. The van der Waals surface area contributed by atoms with Crippen LogP contribution in [0.1, 0.15) is 34.9 Å². The minimum atomic E-state index is -0.219. The minimum absolute atomic E-state index is 0.0846. The lowest BCUT2D eigenvalue weighted by Crippen LogP contribution is -2.44. The number of ether oxygens (including phenoxy) is 2. The highest BCUT2D eigenvalue weighted by Gasteiger charge is 2.42. The molecule has 1 saturated carbocycles. The number of rotatable bonds is 2. The second-order valence-corrected chi connectivity index (χ2v) is 7.12. The molecule has 3 aliphatic rings. The molecule has 0 radical (unpaired) electrons. The van der Waals surface area contributed by atoms with Gasteiger partial charge >= 0.3 is 0 Å². The van der Waals surface area contributed by atoms with Crippen molar-refractivity contribution in [2.75, 3.05) is 12.1 Å². The summed E-state index contributed by atoms with van der Waals surface area (Å²) in [6, 6.07) is 11.8. The molecule has 5 nitrogen and oxygen atoms in total. The van der Waals surface area contributed by atoms with Gasteiger partial charge in [0.2, 0.25) is 6.79 Å². The molecule has 0 spiro atoms. The Hall–Kier alpha value is -2.21. The fraction of sp³-hybridized carbons (Fsp3) is 0.278. The maximum absolute atomic E-state index is 13.0. The van der Waals surface area contributed by atoms with Gasteiger partial charge in [0.15, 0.2) is 11.5 Å². The largest absolute Gasteiger partial charge is 0.454 e. The lowest BCUT2D eigenvalue weighted by Gasteiger charge is -2.38. The van der Waals surface area contributed by atoms with Gasteiger partial charge < -0.3 is 19.7 Å². The van der Waals surface area contributed by atoms with Crippen molar-refractivity contribution in [3.8, 4) is 11.5 Å². The molecule has 6 heteroatoms. The smallest absolute Gasteiger partial charge is 0.258 e. The quantitative estimate of drug-likeness (QED) is 0.849. The normalized spacial score (nSPS) is 21.5. The third-order valence-electron chi connectivity index (χ3n) is 4.69. The first-order valence-electron chi connectivity index (χ1n) is 7.99. The van der Waals surface area contributed by atoms with Crippen LogP contribution in [0.25, 0.3) is 0 Å². The Morgan fingerprint density at radius 3 is 2.67 bits per heavy atom. The van der Waals surface area contributed by atoms with Crippen LogP contribution in [0, 0.1) is 0 Å². The van der Waals surface area contributed by atoms with Crippen LogP contribution in [-0.4, -0.2) is 23.6 Å². The van der Waals surface area contributed by atoms with Gasteiger partial charge in [-0.3, -0.25) is 4.79 Å². The lowest BCUT2D eigenvalue weighted by atomic mass is 10.0. The number of carbonyl (C=O) groups excluding carboxylic acids is 1. The Balaban J connectivity index is 1.63. The van der Waals surface area contributed by atoms with Gasteiger partial charge in [-0.2, -0.15) is 0 Å². The molecule has 0 aromatic heterocycles. The van der Waals surface area contributed by atoms with Crippen molar-refractivity contribution < 1.29 is 14.3 Å². The second kappa shape index (κ2) is 5.14. The lowest BCUT2D eigenvalue weighted by molar-refractivity contribution is 0.0665. The Morgan fingerprint density at radius 2 is 1.88 bits per heavy atom. The van der Waals surface area contributed by atoms with Crippen LogP contribution in [0.2, 0.25) is 0 Å². The maximum atomic E-state index is 13.0. The molecule has 24 heavy (non-hydrogen) atoms. The molecule has 122 valence electrons. The van der Waals surface area contributed by atoms with Crippen molar-refractivity contribution in [3.63, 3.8) is 0 Å². The third kappa shape index (κ3) is 2.09. The molecular weight excluding hydrogens is 372 g/mol. The average Bonchev–Trinajstić information content (AvgIpc) is 3.32. The summed E-state index contributed by atoms with van der Waals surface area (Å²) >= 11 is 3.63. The SMILES string of the molecule is O=C1c2ccccc2N[C@@H](c2cc3c(cc2Br)OCO3)N1C1CC1. The van der Waals surface area contributed by atoms with E-state index < -0.39 is 0 Å². The van der Waals surface area contributed by atoms with Crippen LogP contribution < -0.4 is 14.8 Å². The van der Waals surface area contributed by atoms with Gasteiger partial charge in [-0.15, -0.1) is 0 Å². The third-order valence-corrected chi connectivity index (χ3v) is 5.38. The summed E-state index contributed by atoms with van der Waals surface area (Å²) < 4.78 is 11.9. The summed E-state index contributed by atoms with van der Waals surface area (Å²) in [4.78, 5) is 15.0. The average molecular weight is 387 g/mol. The van der Waals surface area contributed by atoms with Crippen molar-refractivity contribution in [1.82, 2.24) is 4.90 Å². The van der Waals surface area contributed by atoms with Crippen LogP contribution in [0.4, 0.5) is 5.69 Å². The van der Waals surface area contributed by atoms with Crippen molar-refractivity contribution in [3.05, 3.63) is 52.0 Å². The van der Waals surface area contributed by atoms with E-state index in [-0.39, 0.29) is 18.9 Å². The van der Waals surface area contributed by atoms with E-state index >= 15 is 0 Å². The maximum Gasteiger partial charge on any atom is 0.258 e. The summed E-state index contributed by atoms with van der Waals surface area (Å²) in [5.41, 5.74) is 2.58. The Kier molecular flexibility index (Phi) is 3.03. The van der Waals surface area contributed by atoms with Crippen LogP contribution in [-0.2, 0) is 0 Å². The number of fused-ring (bicyclic) bond motifs is 2. The standard InChI is InChI=1S/C18H15BrN2O3/c19-13-8-16-15(23-9-24-16)7-12(13)17-20-14-4-2-1-3-11(14)18(22)21(17)10-5-6-10/h1-4,7-8,10,17,20H,5-6,9H2/t17-/m1/s1. The molecule has 1 aliphatic carbocycles. The van der Waals surface area contributed by atoms with E-state index in [9.17, 15) is 4.79 Å². The van der Waals surface area contributed by atoms with E-state index in [1.807, 2.05) is 41.3 Å². The highest BCUT2D eigenvalue weighted by molar-refractivity contribution is 9.10. The van der Waals surface area contributed by atoms with E-state index in [0.29, 0.717) is 6.04 Å². The zero-order chi connectivity index (χ0) is 16.3. The van der Waals surface area contributed by atoms with Crippen LogP contribution in [0.15, 0.2) is 40.9 Å². The fourth-order valence-electron chi connectivity index (χ4n) is 3.37. The molecule has 5 rings (SSSR count). The molecule has 1 N–H and O–H groups in total. The first kappa shape index (κ1) is 14.2. The van der Waals surface area contributed by atoms with Gasteiger partial charge in [0, 0.05) is 21.8 Å². The molecule has 1 amide bonds. The molecule has 2 aromatic carbocycles. The van der Waals surface area contributed by atoms with Crippen LogP contribution >= 0.6 is 15.9 Å². The number of nitrogens with one attached hydrogen (secondary N) is 1. The molecule has 2 aliphatic heterocycles. The van der Waals surface area contributed by atoms with Crippen molar-refractivity contribution in [1.29, 1.82) is 0 Å². The summed E-state index contributed by atoms with van der Waals surface area (Å²) in [6.45, 7) is 0.234. The predicted octanol–water partition coefficient (Wildman–Crippen LogP) is 3.91. The molecule has 1 atom stereocenters. The Labute approximate surface area is 147 Å². The van der Waals surface area contributed by atoms with Crippen molar-refractivity contribution in [2.45, 2.75) is 25.0 Å². The van der Waals surface area contributed by atoms with Crippen LogP contribution in [0.3, 0.4) is 0 Å². The summed E-state index contributed by atoms with van der Waals surface area (Å²) in [5, 5.41) is 3.53. The number of carbonyl (C=O) groups is 1. The Morgan fingerprint density at radius 1 is 1.12 bits per heavy atom. The van der Waals surface area contributed by atoms with Gasteiger partial charge in [0.1, 0.15) is 6.17 Å². The summed E-state index contributed by atoms with van der Waals surface area (Å²) in [7, 11) is 0. The summed E-state index contributed by atoms with van der Waals surface area (Å²) in [5.74, 6) is 1.53. The molecule has 0 saturated heterocycles. The number of amides is 1. The van der Waals surface area contributed by atoms with E-state index in [2.05, 4.69) is 21.2 Å². The molecule has 1 fully saturated rings. The van der Waals surface area contributed by atoms with Crippen LogP contribution in [0.5, 0.6) is 11.5 Å². The zero-order valence-electron chi connectivity index (χ0n) is 12.8. The second-order valence-electron chi connectivity index (χ2n) is 6.26. The van der Waals surface area contributed by atoms with Gasteiger partial charge in [-0.1, -0.05) is 28.1 Å². The number of nitrogens with zero attached hydrogens (tertiary/aromatic N) is 1. The van der Waals surface area contributed by atoms with E-state index in [1.54, 1.807) is 0 Å². The molecule has 0 unspecified atom stereocenters. The molecule has 0 bridgehead atoms. The first-order chi connectivity index (χ1) is 11.7. The number of benzene rings is 2. The van der Waals surface area contributed by atoms with E-state index in [4.69, 9.17) is 9.47 Å². The van der Waals surface area contributed by atoms with E-state index in [1.165, 1.54) is 0 Å². The monoisotopic (exact) mass is 386 g/mol. The van der Waals surface area contributed by atoms with Gasteiger partial charge in [-0.25, -0.2) is 0 Å². The van der Waals surface area contributed by atoms with Gasteiger partial charge in [0.25, 0.3) is 5.91 Å². The topological polar surface area (TPSA) is 50.8 Å². The number of para-hydroxylation sites is 1. The molecule has 2 aromatic rings. The first-order valence-corrected chi connectivity index (χ1v) is 8.79. The zero-order valence-corrected chi connectivity index (χ0v) is 14.4. The minimum Gasteiger partial charge on any atom is -0.454 e. The van der Waals surface area contributed by atoms with E-state index in [0.717, 1.165) is 45.6 Å². The predicted molar refractivity (Wildman–Crippen MR) is 92.3 cm³/mol. The number of hydrogen-bond donors (Lipinski definition) is 1. The van der Waals surface area contributed by atoms with Crippen molar-refractivity contribution >= 4 is 27.5 Å². The summed E-state index contributed by atoms with van der Waals surface area (Å²) in [6.07, 6.45) is 1.88.